The molecule has 1 aliphatic rings. The van der Waals surface area contributed by atoms with Crippen LogP contribution in [0, 0.1) is 17.0 Å². The Morgan fingerprint density at radius 1 is 1.26 bits per heavy atom. The molecule has 6 nitrogen and oxygen atoms in total. The van der Waals surface area contributed by atoms with Crippen molar-refractivity contribution in [1.82, 2.24) is 4.98 Å². The van der Waals surface area contributed by atoms with Crippen LogP contribution in [0.25, 0.3) is 0 Å². The number of aryl methyl sites for hydroxylation is 1. The van der Waals surface area contributed by atoms with Gasteiger partial charge >= 0.3 is 7.12 Å². The summed E-state index contributed by atoms with van der Waals surface area (Å²) in [6.07, 6.45) is 1.58. The largest absolute Gasteiger partial charge is 0.521 e. The van der Waals surface area contributed by atoms with Crippen LogP contribution in [0.15, 0.2) is 12.3 Å². The molecule has 0 saturated carbocycles. The summed E-state index contributed by atoms with van der Waals surface area (Å²) in [5, 5.41) is 11.1. The van der Waals surface area contributed by atoms with Crippen LogP contribution in [0.3, 0.4) is 0 Å². The first-order valence-electron chi connectivity index (χ1n) is 6.10. The van der Waals surface area contributed by atoms with Gasteiger partial charge in [-0.25, -0.2) is 0 Å². The topological polar surface area (TPSA) is 74.5 Å². The number of hydrogen-bond donors (Lipinski definition) is 0. The van der Waals surface area contributed by atoms with E-state index < -0.39 is 23.2 Å². The summed E-state index contributed by atoms with van der Waals surface area (Å²) < 4.78 is 11.6. The number of hydrogen-bond acceptors (Lipinski definition) is 5. The molecular weight excluding hydrogens is 247 g/mol. The Balaban J connectivity index is 2.42. The number of aromatic nitrogens is 1. The van der Waals surface area contributed by atoms with E-state index >= 15 is 0 Å². The van der Waals surface area contributed by atoms with E-state index in [4.69, 9.17) is 9.31 Å². The average molecular weight is 264 g/mol. The Hall–Kier alpha value is -1.47. The third-order valence-electron chi connectivity index (χ3n) is 3.71. The summed E-state index contributed by atoms with van der Waals surface area (Å²) in [5.74, 6) is 0. The number of rotatable bonds is 2. The maximum absolute atomic E-state index is 11.1. The minimum atomic E-state index is -0.814. The molecule has 1 fully saturated rings. The van der Waals surface area contributed by atoms with Crippen LogP contribution in [0.5, 0.6) is 0 Å². The summed E-state index contributed by atoms with van der Waals surface area (Å²) in [7, 11) is -0.814. The molecule has 0 radical (unpaired) electrons. The third-order valence-corrected chi connectivity index (χ3v) is 3.71. The van der Waals surface area contributed by atoms with E-state index in [1.54, 1.807) is 13.1 Å². The molecule has 2 rings (SSSR count). The lowest BCUT2D eigenvalue weighted by Crippen LogP contribution is -2.41. The van der Waals surface area contributed by atoms with Gasteiger partial charge < -0.3 is 9.31 Å². The smallest absolute Gasteiger partial charge is 0.398 e. The summed E-state index contributed by atoms with van der Waals surface area (Å²) in [6.45, 7) is 9.34. The molecule has 0 spiro atoms. The van der Waals surface area contributed by atoms with Gasteiger partial charge in [0.2, 0.25) is 0 Å². The molecule has 0 aromatic carbocycles. The van der Waals surface area contributed by atoms with Crippen molar-refractivity contribution in [2.24, 2.45) is 0 Å². The first-order chi connectivity index (χ1) is 8.64. The van der Waals surface area contributed by atoms with Crippen molar-refractivity contribution in [3.63, 3.8) is 0 Å². The van der Waals surface area contributed by atoms with Gasteiger partial charge in [0, 0.05) is 12.3 Å². The zero-order chi connectivity index (χ0) is 14.4. The second-order valence-electron chi connectivity index (χ2n) is 5.76. The third kappa shape index (κ3) is 2.35. The Bertz CT molecular complexity index is 514. The maximum atomic E-state index is 11.1. The lowest BCUT2D eigenvalue weighted by atomic mass is 9.82. The van der Waals surface area contributed by atoms with Crippen LogP contribution in [0.2, 0.25) is 0 Å². The van der Waals surface area contributed by atoms with Gasteiger partial charge in [0.05, 0.1) is 16.1 Å². The zero-order valence-corrected chi connectivity index (χ0v) is 11.8. The molecule has 0 N–H and O–H groups in total. The predicted octanol–water partition coefficient (Wildman–Crippen LogP) is 1.60. The van der Waals surface area contributed by atoms with Gasteiger partial charge in [-0.2, -0.15) is 0 Å². The SMILES string of the molecule is Cc1cnc(B2OC(C)(C)C(C)(C)O2)c([N+](=O)[O-])c1. The van der Waals surface area contributed by atoms with E-state index in [9.17, 15) is 10.1 Å². The molecule has 1 aliphatic heterocycles. The fourth-order valence-electron chi connectivity index (χ4n) is 1.85. The molecule has 0 atom stereocenters. The second kappa shape index (κ2) is 4.28. The molecule has 19 heavy (non-hydrogen) atoms. The van der Waals surface area contributed by atoms with Gasteiger partial charge in [0.15, 0.2) is 0 Å². The second-order valence-corrected chi connectivity index (χ2v) is 5.76. The van der Waals surface area contributed by atoms with Crippen LogP contribution in [-0.4, -0.2) is 28.2 Å². The molecule has 102 valence electrons. The molecule has 0 unspecified atom stereocenters. The predicted molar refractivity (Wildman–Crippen MR) is 71.3 cm³/mol. The van der Waals surface area contributed by atoms with Crippen LogP contribution >= 0.6 is 0 Å². The fourth-order valence-corrected chi connectivity index (χ4v) is 1.85. The summed E-state index contributed by atoms with van der Waals surface area (Å²) in [6, 6.07) is 1.48. The van der Waals surface area contributed by atoms with Crippen molar-refractivity contribution in [2.45, 2.75) is 45.8 Å². The van der Waals surface area contributed by atoms with Crippen molar-refractivity contribution in [1.29, 1.82) is 0 Å². The minimum absolute atomic E-state index is 0.0708. The standard InChI is InChI=1S/C12H17BN2O4/c1-8-6-9(15(16)17)10(14-7-8)13-18-11(2,3)12(4,5)19-13/h6-7H,1-5H3. The van der Waals surface area contributed by atoms with Gasteiger partial charge in [-0.1, -0.05) is 0 Å². The number of pyridine rings is 1. The van der Waals surface area contributed by atoms with E-state index in [0.29, 0.717) is 0 Å². The van der Waals surface area contributed by atoms with Crippen molar-refractivity contribution in [2.75, 3.05) is 0 Å². The van der Waals surface area contributed by atoms with Gasteiger partial charge in [0.25, 0.3) is 5.69 Å². The molecular formula is C12H17BN2O4. The van der Waals surface area contributed by atoms with E-state index in [2.05, 4.69) is 4.98 Å². The minimum Gasteiger partial charge on any atom is -0.398 e. The fraction of sp³-hybridized carbons (Fsp3) is 0.583. The van der Waals surface area contributed by atoms with Gasteiger partial charge in [-0.05, 0) is 40.2 Å². The molecule has 1 aromatic rings. The Morgan fingerprint density at radius 2 is 1.79 bits per heavy atom. The lowest BCUT2D eigenvalue weighted by molar-refractivity contribution is -0.384. The van der Waals surface area contributed by atoms with Crippen molar-refractivity contribution < 1.29 is 14.2 Å². The van der Waals surface area contributed by atoms with Gasteiger partial charge in [0.1, 0.15) is 5.59 Å². The van der Waals surface area contributed by atoms with Crippen LogP contribution in [0.4, 0.5) is 5.69 Å². The van der Waals surface area contributed by atoms with Crippen LogP contribution in [0.1, 0.15) is 33.3 Å². The van der Waals surface area contributed by atoms with E-state index in [0.717, 1.165) is 5.56 Å². The number of nitrogens with zero attached hydrogens (tertiary/aromatic N) is 2. The average Bonchev–Trinajstić information content (AvgIpc) is 2.47. The highest BCUT2D eigenvalue weighted by Gasteiger charge is 2.54. The molecule has 0 amide bonds. The zero-order valence-electron chi connectivity index (χ0n) is 11.8. The molecule has 1 saturated heterocycles. The first-order valence-corrected chi connectivity index (χ1v) is 6.10. The van der Waals surface area contributed by atoms with E-state index in [1.165, 1.54) is 6.07 Å². The van der Waals surface area contributed by atoms with E-state index in [1.807, 2.05) is 27.7 Å². The van der Waals surface area contributed by atoms with Crippen molar-refractivity contribution >= 4 is 18.4 Å². The molecule has 0 aliphatic carbocycles. The summed E-state index contributed by atoms with van der Waals surface area (Å²) in [5.41, 5.74) is -0.212. The Labute approximate surface area is 112 Å². The van der Waals surface area contributed by atoms with Gasteiger partial charge in [-0.15, -0.1) is 0 Å². The summed E-state index contributed by atoms with van der Waals surface area (Å²) in [4.78, 5) is 14.8. The first kappa shape index (κ1) is 14.0. The molecule has 2 heterocycles. The molecule has 1 aromatic heterocycles. The van der Waals surface area contributed by atoms with Crippen molar-refractivity contribution in [3.8, 4) is 0 Å². The highest BCUT2D eigenvalue weighted by Crippen LogP contribution is 2.36. The Kier molecular flexibility index (Phi) is 3.14. The van der Waals surface area contributed by atoms with Crippen LogP contribution < -0.4 is 5.59 Å². The molecule has 0 bridgehead atoms. The summed E-state index contributed by atoms with van der Waals surface area (Å²) >= 11 is 0. The van der Waals surface area contributed by atoms with E-state index in [-0.39, 0.29) is 11.3 Å². The Morgan fingerprint density at radius 3 is 2.26 bits per heavy atom. The van der Waals surface area contributed by atoms with Gasteiger partial charge in [-0.3, -0.25) is 15.1 Å². The monoisotopic (exact) mass is 264 g/mol. The van der Waals surface area contributed by atoms with Crippen molar-refractivity contribution in [3.05, 3.63) is 27.9 Å². The lowest BCUT2D eigenvalue weighted by Gasteiger charge is -2.32. The normalized spacial score (nSPS) is 20.6. The highest BCUT2D eigenvalue weighted by molar-refractivity contribution is 6.62. The highest BCUT2D eigenvalue weighted by atomic mass is 16.7. The molecule has 7 heteroatoms. The quantitative estimate of drug-likeness (QED) is 0.460. The van der Waals surface area contributed by atoms with Crippen LogP contribution in [-0.2, 0) is 9.31 Å². The number of nitro groups is 1. The maximum Gasteiger partial charge on any atom is 0.521 e.